The van der Waals surface area contributed by atoms with E-state index in [0.717, 1.165) is 47.9 Å². The molecule has 3 aromatic carbocycles. The number of nitrogens with one attached hydrogen (secondary N) is 3. The highest BCUT2D eigenvalue weighted by Gasteiger charge is 2.30. The topological polar surface area (TPSA) is 158 Å². The monoisotopic (exact) mass is 631 g/mol. The summed E-state index contributed by atoms with van der Waals surface area (Å²) in [4.78, 5) is 44.6. The number of sulfonamides is 1. The number of carbonyl (C=O) groups is 2. The predicted octanol–water partition coefficient (Wildman–Crippen LogP) is 4.60. The number of imidazole rings is 1. The lowest BCUT2D eigenvalue weighted by atomic mass is 9.77. The van der Waals surface area contributed by atoms with E-state index in [-0.39, 0.29) is 34.6 Å². The lowest BCUT2D eigenvalue weighted by molar-refractivity contribution is -0.129. The van der Waals surface area contributed by atoms with E-state index in [1.54, 1.807) is 36.4 Å². The molecule has 1 aromatic heterocycles. The third-order valence-electron chi connectivity index (χ3n) is 8.95. The SMILES string of the molecule is Cc1ccc(S(=O)(=O)N(C)C)cc1-c1cccc(C[C@H](CC(=O)C2CCC(CN)CC2)C(=O)Nc2ccc3[nH]c(=O)[nH]c3c2)c1. The zero-order valence-electron chi connectivity index (χ0n) is 25.9. The molecule has 1 aliphatic rings. The number of Topliss-reactive ketones (excluding diaryl/α,β-unsaturated/α-hetero) is 1. The quantitative estimate of drug-likeness (QED) is 0.189. The molecule has 45 heavy (non-hydrogen) atoms. The third kappa shape index (κ3) is 7.43. The highest BCUT2D eigenvalue weighted by Crippen LogP contribution is 2.32. The first-order chi connectivity index (χ1) is 21.4. The number of carbonyl (C=O) groups excluding carboxylic acids is 2. The molecular formula is C34H41N5O5S. The number of hydrogen-bond acceptors (Lipinski definition) is 6. The summed E-state index contributed by atoms with van der Waals surface area (Å²) in [6.45, 7) is 2.55. The second-order valence-electron chi connectivity index (χ2n) is 12.3. The average molecular weight is 632 g/mol. The number of nitrogens with zero attached hydrogens (tertiary/aromatic N) is 1. The Kier molecular flexibility index (Phi) is 9.71. The number of fused-ring (bicyclic) bond motifs is 1. The zero-order chi connectivity index (χ0) is 32.3. The minimum Gasteiger partial charge on any atom is -0.330 e. The average Bonchev–Trinajstić information content (AvgIpc) is 3.40. The third-order valence-corrected chi connectivity index (χ3v) is 10.8. The molecule has 1 atom stereocenters. The second kappa shape index (κ2) is 13.5. The Morgan fingerprint density at radius 3 is 2.42 bits per heavy atom. The van der Waals surface area contributed by atoms with Gasteiger partial charge in [-0.05, 0) is 104 Å². The van der Waals surface area contributed by atoms with Crippen molar-refractivity contribution in [1.82, 2.24) is 14.3 Å². The van der Waals surface area contributed by atoms with Crippen molar-refractivity contribution in [2.24, 2.45) is 23.5 Å². The summed E-state index contributed by atoms with van der Waals surface area (Å²) in [5, 5.41) is 2.96. The molecule has 0 saturated heterocycles. The number of ketones is 1. The van der Waals surface area contributed by atoms with Crippen LogP contribution in [0.5, 0.6) is 0 Å². The molecule has 1 heterocycles. The molecule has 5 rings (SSSR count). The summed E-state index contributed by atoms with van der Waals surface area (Å²) in [5.41, 5.74) is 10.6. The number of benzene rings is 3. The van der Waals surface area contributed by atoms with E-state index in [4.69, 9.17) is 5.73 Å². The van der Waals surface area contributed by atoms with E-state index < -0.39 is 15.9 Å². The van der Waals surface area contributed by atoms with Crippen molar-refractivity contribution < 1.29 is 18.0 Å². The maximum atomic E-state index is 13.8. The Labute approximate surface area is 263 Å². The van der Waals surface area contributed by atoms with Crippen LogP contribution in [-0.4, -0.2) is 55.0 Å². The van der Waals surface area contributed by atoms with Gasteiger partial charge in [-0.3, -0.25) is 9.59 Å². The minimum atomic E-state index is -3.62. The van der Waals surface area contributed by atoms with Crippen LogP contribution in [0.2, 0.25) is 0 Å². The number of nitrogens with two attached hydrogens (primary N) is 1. The van der Waals surface area contributed by atoms with Crippen molar-refractivity contribution >= 4 is 38.4 Å². The molecule has 238 valence electrons. The zero-order valence-corrected chi connectivity index (χ0v) is 26.7. The number of rotatable bonds is 11. The standard InChI is InChI=1S/C34H41N5O5S/c1-21-7-13-28(45(43,44)39(2)3)19-29(21)25-6-4-5-23(15-25)16-26(17-32(40)24-10-8-22(20-35)9-11-24)33(41)36-27-12-14-30-31(18-27)38-34(42)37-30/h4-7,12-15,18-19,22,24,26H,8-11,16-17,20,35H2,1-3H3,(H,36,41)(H2,37,38,42)/t22?,24?,26-/m1/s1. The van der Waals surface area contributed by atoms with Crippen LogP contribution in [-0.2, 0) is 26.0 Å². The molecule has 1 saturated carbocycles. The van der Waals surface area contributed by atoms with Crippen molar-refractivity contribution in [2.75, 3.05) is 26.0 Å². The molecule has 10 nitrogen and oxygen atoms in total. The first-order valence-corrected chi connectivity index (χ1v) is 16.8. The number of aromatic nitrogens is 2. The smallest absolute Gasteiger partial charge is 0.323 e. The number of H-pyrrole nitrogens is 2. The van der Waals surface area contributed by atoms with E-state index in [1.807, 2.05) is 31.2 Å². The fourth-order valence-electron chi connectivity index (χ4n) is 6.18. The van der Waals surface area contributed by atoms with E-state index in [0.29, 0.717) is 35.6 Å². The Hall–Kier alpha value is -4.06. The summed E-state index contributed by atoms with van der Waals surface area (Å²) < 4.78 is 26.8. The Morgan fingerprint density at radius 2 is 1.71 bits per heavy atom. The number of aryl methyl sites for hydroxylation is 1. The summed E-state index contributed by atoms with van der Waals surface area (Å²) in [6, 6.07) is 17.9. The van der Waals surface area contributed by atoms with Gasteiger partial charge in [0, 0.05) is 38.0 Å². The van der Waals surface area contributed by atoms with Gasteiger partial charge in [0.05, 0.1) is 15.9 Å². The number of hydrogen-bond donors (Lipinski definition) is 4. The highest BCUT2D eigenvalue weighted by atomic mass is 32.2. The molecule has 1 fully saturated rings. The van der Waals surface area contributed by atoms with Gasteiger partial charge in [0.25, 0.3) is 0 Å². The molecular weight excluding hydrogens is 590 g/mol. The van der Waals surface area contributed by atoms with Crippen LogP contribution >= 0.6 is 0 Å². The molecule has 1 amide bonds. The largest absolute Gasteiger partial charge is 0.330 e. The van der Waals surface area contributed by atoms with E-state index in [9.17, 15) is 22.8 Å². The molecule has 0 radical (unpaired) electrons. The maximum absolute atomic E-state index is 13.8. The van der Waals surface area contributed by atoms with Gasteiger partial charge in [0.15, 0.2) is 0 Å². The molecule has 0 aliphatic heterocycles. The van der Waals surface area contributed by atoms with Gasteiger partial charge in [-0.2, -0.15) is 0 Å². The van der Waals surface area contributed by atoms with Crippen LogP contribution in [0.15, 0.2) is 70.4 Å². The van der Waals surface area contributed by atoms with E-state index >= 15 is 0 Å². The summed E-state index contributed by atoms with van der Waals surface area (Å²) in [6.07, 6.45) is 3.83. The van der Waals surface area contributed by atoms with Gasteiger partial charge >= 0.3 is 5.69 Å². The van der Waals surface area contributed by atoms with Crippen molar-refractivity contribution in [3.8, 4) is 11.1 Å². The van der Waals surface area contributed by atoms with E-state index in [1.165, 1.54) is 18.4 Å². The van der Waals surface area contributed by atoms with Crippen LogP contribution < -0.4 is 16.7 Å². The van der Waals surface area contributed by atoms with Crippen LogP contribution in [0.4, 0.5) is 5.69 Å². The first kappa shape index (κ1) is 32.3. The van der Waals surface area contributed by atoms with Gasteiger partial charge < -0.3 is 21.0 Å². The summed E-state index contributed by atoms with van der Waals surface area (Å²) in [5.74, 6) is -0.468. The Bertz CT molecular complexity index is 1870. The minimum absolute atomic E-state index is 0.0836. The lowest BCUT2D eigenvalue weighted by Crippen LogP contribution is -2.31. The van der Waals surface area contributed by atoms with Gasteiger partial charge in [0.2, 0.25) is 15.9 Å². The van der Waals surface area contributed by atoms with Crippen molar-refractivity contribution in [3.63, 3.8) is 0 Å². The Morgan fingerprint density at radius 1 is 0.978 bits per heavy atom. The number of amides is 1. The van der Waals surface area contributed by atoms with Gasteiger partial charge in [-0.25, -0.2) is 17.5 Å². The van der Waals surface area contributed by atoms with Crippen LogP contribution in [0.25, 0.3) is 22.2 Å². The summed E-state index contributed by atoms with van der Waals surface area (Å²) in [7, 11) is -0.619. The van der Waals surface area contributed by atoms with Crippen molar-refractivity contribution in [2.45, 2.75) is 50.3 Å². The normalized spacial score (nSPS) is 17.8. The second-order valence-corrected chi connectivity index (χ2v) is 14.5. The number of aromatic amines is 2. The molecule has 11 heteroatoms. The van der Waals surface area contributed by atoms with Crippen LogP contribution in [0, 0.1) is 24.7 Å². The van der Waals surface area contributed by atoms with Gasteiger partial charge in [-0.15, -0.1) is 0 Å². The molecule has 0 bridgehead atoms. The fourth-order valence-corrected chi connectivity index (χ4v) is 7.10. The fraction of sp³-hybridized carbons (Fsp3) is 0.382. The van der Waals surface area contributed by atoms with Crippen LogP contribution in [0.3, 0.4) is 0 Å². The number of anilines is 1. The molecule has 4 aromatic rings. The van der Waals surface area contributed by atoms with Crippen molar-refractivity contribution in [1.29, 1.82) is 0 Å². The lowest BCUT2D eigenvalue weighted by Gasteiger charge is -2.27. The molecule has 0 spiro atoms. The van der Waals surface area contributed by atoms with Crippen molar-refractivity contribution in [3.05, 3.63) is 82.3 Å². The predicted molar refractivity (Wildman–Crippen MR) is 176 cm³/mol. The molecule has 1 aliphatic carbocycles. The molecule has 0 unspecified atom stereocenters. The first-order valence-electron chi connectivity index (χ1n) is 15.3. The summed E-state index contributed by atoms with van der Waals surface area (Å²) >= 11 is 0. The maximum Gasteiger partial charge on any atom is 0.323 e. The highest BCUT2D eigenvalue weighted by molar-refractivity contribution is 7.89. The van der Waals surface area contributed by atoms with Crippen LogP contribution in [0.1, 0.15) is 43.2 Å². The van der Waals surface area contributed by atoms with E-state index in [2.05, 4.69) is 15.3 Å². The van der Waals surface area contributed by atoms with Gasteiger partial charge in [-0.1, -0.05) is 30.3 Å². The molecule has 5 N–H and O–H groups in total. The van der Waals surface area contributed by atoms with Gasteiger partial charge in [0.1, 0.15) is 5.78 Å². The Balaban J connectivity index is 1.41.